The highest BCUT2D eigenvalue weighted by Crippen LogP contribution is 2.21. The molecule has 0 heterocycles. The molecule has 1 aromatic rings. The maximum absolute atomic E-state index is 12.5. The van der Waals surface area contributed by atoms with Crippen LogP contribution in [0, 0.1) is 0 Å². The summed E-state index contributed by atoms with van der Waals surface area (Å²) >= 11 is 0. The number of carbonyl (C=O) groups is 1. The number of ether oxygens (including phenoxy) is 2. The molecule has 0 aromatic heterocycles. The first kappa shape index (κ1) is 17.4. The first-order valence-electron chi connectivity index (χ1n) is 6.14. The van der Waals surface area contributed by atoms with E-state index in [-0.39, 0.29) is 22.8 Å². The predicted molar refractivity (Wildman–Crippen MR) is 78.5 cm³/mol. The zero-order chi connectivity index (χ0) is 16.3. The fourth-order valence-corrected chi connectivity index (χ4v) is 3.48. The van der Waals surface area contributed by atoms with Crippen LogP contribution in [0.5, 0.6) is 0 Å². The molecule has 0 aliphatic carbocycles. The fraction of sp³-hybridized carbons (Fsp3) is 0.462. The number of nitrogen functional groups attached to an aromatic ring is 1. The number of rotatable bonds is 6. The SMILES string of the molecule is COCC(C)(C)NS(=O)(=O)c1cc(N)ccc1C(=O)OC. The number of carbonyl (C=O) groups excluding carboxylic acids is 1. The van der Waals surface area contributed by atoms with Crippen LogP contribution in [0.1, 0.15) is 24.2 Å². The van der Waals surface area contributed by atoms with Crippen LogP contribution in [0.4, 0.5) is 5.69 Å². The number of hydrogen-bond acceptors (Lipinski definition) is 6. The average molecular weight is 316 g/mol. The monoisotopic (exact) mass is 316 g/mol. The van der Waals surface area contributed by atoms with E-state index in [0.717, 1.165) is 0 Å². The average Bonchev–Trinajstić information content (AvgIpc) is 2.36. The van der Waals surface area contributed by atoms with Gasteiger partial charge in [-0.25, -0.2) is 17.9 Å². The first-order chi connectivity index (χ1) is 9.63. The van der Waals surface area contributed by atoms with Crippen molar-refractivity contribution in [1.29, 1.82) is 0 Å². The van der Waals surface area contributed by atoms with E-state index in [4.69, 9.17) is 10.5 Å². The maximum atomic E-state index is 12.5. The summed E-state index contributed by atoms with van der Waals surface area (Å²) in [4.78, 5) is 11.5. The summed E-state index contributed by atoms with van der Waals surface area (Å²) in [6.45, 7) is 3.50. The highest BCUT2D eigenvalue weighted by molar-refractivity contribution is 7.89. The second kappa shape index (κ2) is 6.42. The van der Waals surface area contributed by atoms with Gasteiger partial charge in [0.1, 0.15) is 0 Å². The highest BCUT2D eigenvalue weighted by atomic mass is 32.2. The lowest BCUT2D eigenvalue weighted by Crippen LogP contribution is -2.46. The lowest BCUT2D eigenvalue weighted by molar-refractivity contribution is 0.0596. The Bertz CT molecular complexity index is 625. The van der Waals surface area contributed by atoms with Crippen LogP contribution in [0.25, 0.3) is 0 Å². The lowest BCUT2D eigenvalue weighted by atomic mass is 10.1. The second-order valence-electron chi connectivity index (χ2n) is 5.17. The summed E-state index contributed by atoms with van der Waals surface area (Å²) in [5.74, 6) is -0.750. The minimum absolute atomic E-state index is 0.0765. The molecule has 0 aliphatic rings. The van der Waals surface area contributed by atoms with Crippen molar-refractivity contribution in [2.24, 2.45) is 0 Å². The molecule has 7 nitrogen and oxygen atoms in total. The molecule has 0 spiro atoms. The molecular formula is C13H20N2O5S. The Morgan fingerprint density at radius 3 is 2.48 bits per heavy atom. The number of anilines is 1. The summed E-state index contributed by atoms with van der Waals surface area (Å²) < 4.78 is 37.0. The summed E-state index contributed by atoms with van der Waals surface area (Å²) in [5.41, 5.74) is 4.93. The standard InChI is InChI=1S/C13H20N2O5S/c1-13(2,8-19-3)15-21(17,18)11-7-9(14)5-6-10(11)12(16)20-4/h5-7,15H,8,14H2,1-4H3. The van der Waals surface area contributed by atoms with Gasteiger partial charge in [0.25, 0.3) is 0 Å². The van der Waals surface area contributed by atoms with Crippen LogP contribution >= 0.6 is 0 Å². The summed E-state index contributed by atoms with van der Waals surface area (Å²) in [6.07, 6.45) is 0. The van der Waals surface area contributed by atoms with E-state index >= 15 is 0 Å². The van der Waals surface area contributed by atoms with Crippen LogP contribution < -0.4 is 10.5 Å². The highest BCUT2D eigenvalue weighted by Gasteiger charge is 2.30. The van der Waals surface area contributed by atoms with Crippen LogP contribution in [0.2, 0.25) is 0 Å². The van der Waals surface area contributed by atoms with Gasteiger partial charge in [-0.2, -0.15) is 0 Å². The molecule has 0 saturated carbocycles. The third kappa shape index (κ3) is 4.42. The minimum Gasteiger partial charge on any atom is -0.465 e. The van der Waals surface area contributed by atoms with Crippen molar-refractivity contribution in [3.63, 3.8) is 0 Å². The van der Waals surface area contributed by atoms with Crippen molar-refractivity contribution in [1.82, 2.24) is 4.72 Å². The second-order valence-corrected chi connectivity index (χ2v) is 6.82. The third-order valence-corrected chi connectivity index (χ3v) is 4.35. The van der Waals surface area contributed by atoms with E-state index in [1.54, 1.807) is 13.8 Å². The Labute approximate surface area is 124 Å². The molecular weight excluding hydrogens is 296 g/mol. The van der Waals surface area contributed by atoms with Gasteiger partial charge >= 0.3 is 5.97 Å². The largest absolute Gasteiger partial charge is 0.465 e. The van der Waals surface area contributed by atoms with E-state index in [0.29, 0.717) is 0 Å². The third-order valence-electron chi connectivity index (χ3n) is 2.62. The van der Waals surface area contributed by atoms with Gasteiger partial charge in [0.2, 0.25) is 10.0 Å². The van der Waals surface area contributed by atoms with Crippen LogP contribution in [-0.2, 0) is 19.5 Å². The molecule has 0 radical (unpaired) electrons. The number of benzene rings is 1. The quantitative estimate of drug-likeness (QED) is 0.592. The van der Waals surface area contributed by atoms with Gasteiger partial charge in [-0.15, -0.1) is 0 Å². The zero-order valence-electron chi connectivity index (χ0n) is 12.5. The molecule has 21 heavy (non-hydrogen) atoms. The van der Waals surface area contributed by atoms with Crippen LogP contribution in [-0.4, -0.2) is 40.8 Å². The molecule has 0 fully saturated rings. The first-order valence-corrected chi connectivity index (χ1v) is 7.62. The molecule has 3 N–H and O–H groups in total. The van der Waals surface area contributed by atoms with E-state index < -0.39 is 21.5 Å². The van der Waals surface area contributed by atoms with E-state index in [1.165, 1.54) is 32.4 Å². The normalized spacial score (nSPS) is 12.2. The minimum atomic E-state index is -3.96. The molecule has 8 heteroatoms. The molecule has 0 unspecified atom stereocenters. The number of methoxy groups -OCH3 is 2. The van der Waals surface area contributed by atoms with Gasteiger partial charge in [-0.05, 0) is 32.0 Å². The number of nitrogens with one attached hydrogen (secondary N) is 1. The van der Waals surface area contributed by atoms with Crippen molar-refractivity contribution < 1.29 is 22.7 Å². The van der Waals surface area contributed by atoms with Gasteiger partial charge in [0.05, 0.1) is 29.7 Å². The number of nitrogens with two attached hydrogens (primary N) is 1. The topological polar surface area (TPSA) is 108 Å². The Morgan fingerprint density at radius 2 is 1.95 bits per heavy atom. The molecule has 1 aromatic carbocycles. The summed E-state index contributed by atoms with van der Waals surface area (Å²) in [6, 6.07) is 3.97. The van der Waals surface area contributed by atoms with Crippen LogP contribution in [0.3, 0.4) is 0 Å². The summed E-state index contributed by atoms with van der Waals surface area (Å²) in [5, 5.41) is 0. The predicted octanol–water partition coefficient (Wildman–Crippen LogP) is 0.759. The maximum Gasteiger partial charge on any atom is 0.339 e. The molecule has 0 bridgehead atoms. The van der Waals surface area contributed by atoms with Gasteiger partial charge in [0.15, 0.2) is 0 Å². The Balaban J connectivity index is 3.31. The molecule has 118 valence electrons. The Hall–Kier alpha value is -1.64. The van der Waals surface area contributed by atoms with Crippen molar-refractivity contribution in [3.8, 4) is 0 Å². The smallest absolute Gasteiger partial charge is 0.339 e. The number of hydrogen-bond donors (Lipinski definition) is 2. The van der Waals surface area contributed by atoms with Crippen molar-refractivity contribution in [2.75, 3.05) is 26.6 Å². The van der Waals surface area contributed by atoms with Crippen molar-refractivity contribution >= 4 is 21.7 Å². The Kier molecular flexibility index (Phi) is 5.32. The molecule has 0 saturated heterocycles. The molecule has 1 rings (SSSR count). The molecule has 0 atom stereocenters. The van der Waals surface area contributed by atoms with E-state index in [9.17, 15) is 13.2 Å². The van der Waals surface area contributed by atoms with Gasteiger partial charge in [0, 0.05) is 12.8 Å². The molecule has 0 amide bonds. The molecule has 0 aliphatic heterocycles. The summed E-state index contributed by atoms with van der Waals surface area (Å²) in [7, 11) is -1.31. The fourth-order valence-electron chi connectivity index (χ4n) is 1.85. The van der Waals surface area contributed by atoms with Crippen LogP contribution in [0.15, 0.2) is 23.1 Å². The lowest BCUT2D eigenvalue weighted by Gasteiger charge is -2.25. The zero-order valence-corrected chi connectivity index (χ0v) is 13.3. The Morgan fingerprint density at radius 1 is 1.33 bits per heavy atom. The van der Waals surface area contributed by atoms with E-state index in [1.807, 2.05) is 0 Å². The van der Waals surface area contributed by atoms with E-state index in [2.05, 4.69) is 9.46 Å². The van der Waals surface area contributed by atoms with Crippen molar-refractivity contribution in [3.05, 3.63) is 23.8 Å². The number of esters is 1. The van der Waals surface area contributed by atoms with Crippen molar-refractivity contribution in [2.45, 2.75) is 24.3 Å². The van der Waals surface area contributed by atoms with Gasteiger partial charge < -0.3 is 15.2 Å². The number of sulfonamides is 1. The van der Waals surface area contributed by atoms with Gasteiger partial charge in [-0.1, -0.05) is 0 Å². The van der Waals surface area contributed by atoms with Gasteiger partial charge in [-0.3, -0.25) is 0 Å².